The molecule has 2 N–H and O–H groups in total. The fraction of sp³-hybridized carbons (Fsp3) is 0.462. The Morgan fingerprint density at radius 2 is 1.75 bits per heavy atom. The Labute approximate surface area is 117 Å². The van der Waals surface area contributed by atoms with E-state index in [1.165, 1.54) is 24.3 Å². The Balaban J connectivity index is 1.99. The summed E-state index contributed by atoms with van der Waals surface area (Å²) in [6, 6.07) is 7.71. The Kier molecular flexibility index (Phi) is 4.40. The molecule has 0 bridgehead atoms. The molecule has 7 heteroatoms. The van der Waals surface area contributed by atoms with Crippen LogP contribution in [0.1, 0.15) is 5.56 Å². The number of rotatable bonds is 4. The molecule has 1 aliphatic rings. The minimum atomic E-state index is -3.42. The van der Waals surface area contributed by atoms with Crippen LogP contribution in [0.3, 0.4) is 0 Å². The topological polar surface area (TPSA) is 102 Å². The number of nitrogens with zero attached hydrogens (tertiary/aromatic N) is 2. The summed E-state index contributed by atoms with van der Waals surface area (Å²) >= 11 is 0. The third kappa shape index (κ3) is 3.35. The zero-order valence-corrected chi connectivity index (χ0v) is 11.6. The van der Waals surface area contributed by atoms with Crippen molar-refractivity contribution in [3.05, 3.63) is 29.8 Å². The van der Waals surface area contributed by atoms with E-state index in [0.717, 1.165) is 0 Å². The lowest BCUT2D eigenvalue weighted by Gasteiger charge is -2.14. The van der Waals surface area contributed by atoms with Crippen molar-refractivity contribution in [2.24, 2.45) is 0 Å². The van der Waals surface area contributed by atoms with Crippen LogP contribution in [0.4, 0.5) is 0 Å². The summed E-state index contributed by atoms with van der Waals surface area (Å²) < 4.78 is 24.2. The van der Waals surface area contributed by atoms with E-state index in [9.17, 15) is 18.6 Å². The first kappa shape index (κ1) is 14.9. The maximum atomic E-state index is 12.1. The van der Waals surface area contributed by atoms with Gasteiger partial charge in [0.05, 0.1) is 34.5 Å². The number of hydrogen-bond acceptors (Lipinski definition) is 6. The van der Waals surface area contributed by atoms with Crippen LogP contribution in [0, 0.1) is 11.3 Å². The predicted octanol–water partition coefficient (Wildman–Crippen LogP) is -0.631. The van der Waals surface area contributed by atoms with Crippen LogP contribution in [-0.4, -0.2) is 61.1 Å². The zero-order valence-electron chi connectivity index (χ0n) is 10.8. The number of likely N-dealkylation sites (tertiary alicyclic amines) is 1. The van der Waals surface area contributed by atoms with Crippen molar-refractivity contribution in [1.29, 1.82) is 5.26 Å². The molecule has 2 atom stereocenters. The van der Waals surface area contributed by atoms with E-state index in [4.69, 9.17) is 5.26 Å². The maximum absolute atomic E-state index is 12.1. The maximum Gasteiger partial charge on any atom is 0.179 e. The average molecular weight is 296 g/mol. The van der Waals surface area contributed by atoms with Crippen LogP contribution in [0.5, 0.6) is 0 Å². The molecule has 6 nitrogen and oxygen atoms in total. The molecule has 20 heavy (non-hydrogen) atoms. The van der Waals surface area contributed by atoms with Crippen LogP contribution in [0.2, 0.25) is 0 Å². The molecule has 0 amide bonds. The fourth-order valence-corrected chi connectivity index (χ4v) is 3.42. The minimum absolute atomic E-state index is 0.0850. The molecule has 1 aliphatic heterocycles. The highest BCUT2D eigenvalue weighted by atomic mass is 32.2. The summed E-state index contributed by atoms with van der Waals surface area (Å²) in [5.41, 5.74) is 0.412. The number of aliphatic hydroxyl groups excluding tert-OH is 2. The first-order valence-electron chi connectivity index (χ1n) is 6.24. The van der Waals surface area contributed by atoms with Gasteiger partial charge in [0, 0.05) is 19.6 Å². The molecule has 2 unspecified atom stereocenters. The van der Waals surface area contributed by atoms with Gasteiger partial charge >= 0.3 is 0 Å². The Bertz CT molecular complexity index is 596. The molecule has 2 rings (SSSR count). The summed E-state index contributed by atoms with van der Waals surface area (Å²) in [6.07, 6.45) is -1.62. The molecule has 1 aromatic carbocycles. The summed E-state index contributed by atoms with van der Waals surface area (Å²) in [7, 11) is -3.42. The number of benzene rings is 1. The highest BCUT2D eigenvalue weighted by molar-refractivity contribution is 7.91. The Morgan fingerprint density at radius 1 is 1.20 bits per heavy atom. The van der Waals surface area contributed by atoms with E-state index in [2.05, 4.69) is 0 Å². The van der Waals surface area contributed by atoms with Gasteiger partial charge in [-0.2, -0.15) is 5.26 Å². The van der Waals surface area contributed by atoms with Crippen LogP contribution in [-0.2, 0) is 9.84 Å². The largest absolute Gasteiger partial charge is 0.389 e. The van der Waals surface area contributed by atoms with E-state index in [-0.39, 0.29) is 30.3 Å². The van der Waals surface area contributed by atoms with Crippen LogP contribution >= 0.6 is 0 Å². The van der Waals surface area contributed by atoms with E-state index in [1.54, 1.807) is 4.90 Å². The normalized spacial score (nSPS) is 23.6. The third-order valence-electron chi connectivity index (χ3n) is 3.35. The second-order valence-corrected chi connectivity index (χ2v) is 6.96. The van der Waals surface area contributed by atoms with Crippen molar-refractivity contribution in [2.45, 2.75) is 17.1 Å². The average Bonchev–Trinajstić information content (AvgIpc) is 2.76. The van der Waals surface area contributed by atoms with Gasteiger partial charge in [-0.05, 0) is 24.3 Å². The molecule has 1 fully saturated rings. The molecule has 0 saturated carbocycles. The molecule has 108 valence electrons. The van der Waals surface area contributed by atoms with Gasteiger partial charge in [-0.3, -0.25) is 4.90 Å². The smallest absolute Gasteiger partial charge is 0.179 e. The van der Waals surface area contributed by atoms with Gasteiger partial charge in [0.25, 0.3) is 0 Å². The van der Waals surface area contributed by atoms with Gasteiger partial charge in [-0.25, -0.2) is 8.42 Å². The quantitative estimate of drug-likeness (QED) is 0.767. The molecular weight excluding hydrogens is 280 g/mol. The van der Waals surface area contributed by atoms with E-state index >= 15 is 0 Å². The van der Waals surface area contributed by atoms with Crippen molar-refractivity contribution >= 4 is 9.84 Å². The van der Waals surface area contributed by atoms with Gasteiger partial charge in [0.15, 0.2) is 9.84 Å². The fourth-order valence-electron chi connectivity index (χ4n) is 2.13. The lowest BCUT2D eigenvalue weighted by molar-refractivity contribution is 0.0572. The predicted molar refractivity (Wildman–Crippen MR) is 71.7 cm³/mol. The van der Waals surface area contributed by atoms with Crippen LogP contribution in [0.15, 0.2) is 29.2 Å². The van der Waals surface area contributed by atoms with E-state index in [0.29, 0.717) is 5.56 Å². The van der Waals surface area contributed by atoms with Gasteiger partial charge in [-0.15, -0.1) is 0 Å². The van der Waals surface area contributed by atoms with Crippen LogP contribution in [0.25, 0.3) is 0 Å². The molecule has 1 saturated heterocycles. The summed E-state index contributed by atoms with van der Waals surface area (Å²) in [5, 5.41) is 27.5. The lowest BCUT2D eigenvalue weighted by atomic mass is 10.2. The van der Waals surface area contributed by atoms with E-state index in [1.807, 2.05) is 6.07 Å². The Morgan fingerprint density at radius 3 is 2.25 bits per heavy atom. The first-order chi connectivity index (χ1) is 9.42. The number of nitriles is 1. The van der Waals surface area contributed by atoms with Crippen LogP contribution < -0.4 is 0 Å². The molecule has 0 radical (unpaired) electrons. The summed E-state index contributed by atoms with van der Waals surface area (Å²) in [5.74, 6) is -0.0850. The highest BCUT2D eigenvalue weighted by Crippen LogP contribution is 2.14. The number of hydrogen-bond donors (Lipinski definition) is 2. The lowest BCUT2D eigenvalue weighted by Crippen LogP contribution is -2.28. The number of sulfone groups is 1. The monoisotopic (exact) mass is 296 g/mol. The number of aliphatic hydroxyl groups is 2. The molecule has 1 heterocycles. The first-order valence-corrected chi connectivity index (χ1v) is 7.89. The van der Waals surface area contributed by atoms with Gasteiger partial charge in [0.1, 0.15) is 0 Å². The minimum Gasteiger partial charge on any atom is -0.389 e. The van der Waals surface area contributed by atoms with Gasteiger partial charge in [0.2, 0.25) is 0 Å². The third-order valence-corrected chi connectivity index (χ3v) is 5.06. The van der Waals surface area contributed by atoms with Crippen molar-refractivity contribution in [3.8, 4) is 6.07 Å². The van der Waals surface area contributed by atoms with E-state index < -0.39 is 22.0 Å². The van der Waals surface area contributed by atoms with Gasteiger partial charge in [-0.1, -0.05) is 0 Å². The molecule has 0 aromatic heterocycles. The zero-order chi connectivity index (χ0) is 14.8. The highest BCUT2D eigenvalue weighted by Gasteiger charge is 2.30. The van der Waals surface area contributed by atoms with Crippen molar-refractivity contribution in [1.82, 2.24) is 4.90 Å². The Hall–Kier alpha value is -1.46. The second kappa shape index (κ2) is 5.89. The summed E-state index contributed by atoms with van der Waals surface area (Å²) in [6.45, 7) is 0.824. The molecule has 1 aromatic rings. The number of β-amino-alcohol motifs (C(OH)–C–C–N with tert-alkyl or cyclic N) is 2. The van der Waals surface area contributed by atoms with Gasteiger partial charge < -0.3 is 10.2 Å². The standard InChI is InChI=1S/C13H16N2O4S/c14-7-10-1-3-11(4-2-10)20(18,19)6-5-15-8-12(16)13(17)9-15/h1-4,12-13,16-17H,5-6,8-9H2. The summed E-state index contributed by atoms with van der Waals surface area (Å²) in [4.78, 5) is 1.90. The van der Waals surface area contributed by atoms with Crippen molar-refractivity contribution in [3.63, 3.8) is 0 Å². The SMILES string of the molecule is N#Cc1ccc(S(=O)(=O)CCN2CC(O)C(O)C2)cc1. The van der Waals surface area contributed by atoms with Crippen molar-refractivity contribution < 1.29 is 18.6 Å². The molecule has 0 spiro atoms. The molecular formula is C13H16N2O4S. The molecule has 0 aliphatic carbocycles. The van der Waals surface area contributed by atoms with Crippen molar-refractivity contribution in [2.75, 3.05) is 25.4 Å². The second-order valence-electron chi connectivity index (χ2n) is 4.85.